The van der Waals surface area contributed by atoms with E-state index in [2.05, 4.69) is 15.1 Å². The van der Waals surface area contributed by atoms with Crippen LogP contribution in [-0.2, 0) is 4.79 Å². The molecule has 5 nitrogen and oxygen atoms in total. The molecule has 2 heterocycles. The summed E-state index contributed by atoms with van der Waals surface area (Å²) in [5.74, 6) is 0.760. The Morgan fingerprint density at radius 2 is 2.04 bits per heavy atom. The number of ether oxygens (including phenoxy) is 1. The Morgan fingerprint density at radius 1 is 1.25 bits per heavy atom. The third-order valence-corrected chi connectivity index (χ3v) is 5.14. The highest BCUT2D eigenvalue weighted by atomic mass is 16.5. The predicted octanol–water partition coefficient (Wildman–Crippen LogP) is 2.50. The van der Waals surface area contributed by atoms with Crippen molar-refractivity contribution in [3.05, 3.63) is 23.8 Å². The number of methoxy groups -OCH3 is 1. The largest absolute Gasteiger partial charge is 0.495 e. The number of carbonyl (C=O) groups excluding carboxylic acids is 1. The van der Waals surface area contributed by atoms with Crippen molar-refractivity contribution in [3.63, 3.8) is 0 Å². The molecule has 0 spiro atoms. The van der Waals surface area contributed by atoms with Gasteiger partial charge in [0, 0.05) is 12.6 Å². The predicted molar refractivity (Wildman–Crippen MR) is 96.6 cm³/mol. The van der Waals surface area contributed by atoms with E-state index in [0.29, 0.717) is 18.3 Å². The maximum atomic E-state index is 12.5. The Hall–Kier alpha value is -1.59. The first-order valence-electron chi connectivity index (χ1n) is 9.06. The van der Waals surface area contributed by atoms with E-state index in [1.54, 1.807) is 7.11 Å². The molecule has 2 aliphatic rings. The van der Waals surface area contributed by atoms with Gasteiger partial charge in [0.15, 0.2) is 0 Å². The van der Waals surface area contributed by atoms with Gasteiger partial charge in [-0.2, -0.15) is 0 Å². The molecule has 0 saturated carbocycles. The van der Waals surface area contributed by atoms with Gasteiger partial charge in [0.25, 0.3) is 0 Å². The van der Waals surface area contributed by atoms with Crippen LogP contribution < -0.4 is 10.1 Å². The normalized spacial score (nSPS) is 22.0. The fraction of sp³-hybridized carbons (Fsp3) is 0.632. The van der Waals surface area contributed by atoms with Gasteiger partial charge in [-0.3, -0.25) is 9.69 Å². The minimum absolute atomic E-state index is 0.0484. The standard InChI is InChI=1S/C19H29N3O2/c1-15-7-8-18(24-2)17(12-15)20-19(23)14-22-11-5-6-16(22)13-21-9-3-4-10-21/h7-8,12,16H,3-6,9-11,13-14H2,1-2H3,(H,20,23)/t16-/m1/s1. The van der Waals surface area contributed by atoms with Gasteiger partial charge in [0.2, 0.25) is 5.91 Å². The van der Waals surface area contributed by atoms with Crippen molar-refractivity contribution in [2.75, 3.05) is 45.2 Å². The molecule has 1 N–H and O–H groups in total. The van der Waals surface area contributed by atoms with Crippen LogP contribution in [0.25, 0.3) is 0 Å². The van der Waals surface area contributed by atoms with Gasteiger partial charge in [-0.05, 0) is 69.9 Å². The first-order valence-corrected chi connectivity index (χ1v) is 9.06. The van der Waals surface area contributed by atoms with Crippen LogP contribution in [0.1, 0.15) is 31.2 Å². The zero-order valence-electron chi connectivity index (χ0n) is 14.9. The smallest absolute Gasteiger partial charge is 0.238 e. The van der Waals surface area contributed by atoms with E-state index in [4.69, 9.17) is 4.74 Å². The number of nitrogens with zero attached hydrogens (tertiary/aromatic N) is 2. The molecule has 3 rings (SSSR count). The number of hydrogen-bond acceptors (Lipinski definition) is 4. The molecular weight excluding hydrogens is 302 g/mol. The Balaban J connectivity index is 1.56. The van der Waals surface area contributed by atoms with Gasteiger partial charge in [-0.1, -0.05) is 6.07 Å². The molecule has 1 amide bonds. The van der Waals surface area contributed by atoms with Crippen LogP contribution in [0.3, 0.4) is 0 Å². The number of anilines is 1. The van der Waals surface area contributed by atoms with Gasteiger partial charge in [-0.15, -0.1) is 0 Å². The molecule has 24 heavy (non-hydrogen) atoms. The van der Waals surface area contributed by atoms with Crippen LogP contribution in [0.2, 0.25) is 0 Å². The summed E-state index contributed by atoms with van der Waals surface area (Å²) in [5.41, 5.74) is 1.87. The molecule has 0 radical (unpaired) electrons. The number of rotatable bonds is 6. The topological polar surface area (TPSA) is 44.8 Å². The Bertz CT molecular complexity index is 570. The molecular formula is C19H29N3O2. The average molecular weight is 331 g/mol. The molecule has 132 valence electrons. The molecule has 0 aromatic heterocycles. The van der Waals surface area contributed by atoms with E-state index in [1.165, 1.54) is 38.8 Å². The number of benzene rings is 1. The third kappa shape index (κ3) is 4.28. The van der Waals surface area contributed by atoms with E-state index in [9.17, 15) is 4.79 Å². The van der Waals surface area contributed by atoms with Gasteiger partial charge >= 0.3 is 0 Å². The molecule has 1 atom stereocenters. The lowest BCUT2D eigenvalue weighted by Gasteiger charge is -2.28. The van der Waals surface area contributed by atoms with Crippen molar-refractivity contribution in [2.24, 2.45) is 0 Å². The molecule has 2 aliphatic heterocycles. The zero-order valence-corrected chi connectivity index (χ0v) is 14.9. The number of amides is 1. The highest BCUT2D eigenvalue weighted by Crippen LogP contribution is 2.26. The van der Waals surface area contributed by atoms with Crippen molar-refractivity contribution >= 4 is 11.6 Å². The zero-order chi connectivity index (χ0) is 16.9. The number of aryl methyl sites for hydroxylation is 1. The van der Waals surface area contributed by atoms with Crippen molar-refractivity contribution < 1.29 is 9.53 Å². The fourth-order valence-corrected chi connectivity index (χ4v) is 3.87. The van der Waals surface area contributed by atoms with Crippen molar-refractivity contribution in [1.82, 2.24) is 9.80 Å². The summed E-state index contributed by atoms with van der Waals surface area (Å²) in [6.45, 7) is 7.06. The molecule has 0 bridgehead atoms. The minimum atomic E-state index is 0.0484. The monoisotopic (exact) mass is 331 g/mol. The summed E-state index contributed by atoms with van der Waals surface area (Å²) in [5, 5.41) is 3.02. The number of likely N-dealkylation sites (tertiary alicyclic amines) is 2. The second-order valence-electron chi connectivity index (χ2n) is 7.03. The molecule has 0 unspecified atom stereocenters. The Labute approximate surface area is 145 Å². The minimum Gasteiger partial charge on any atom is -0.495 e. The second-order valence-corrected chi connectivity index (χ2v) is 7.03. The molecule has 2 fully saturated rings. The summed E-state index contributed by atoms with van der Waals surface area (Å²) in [6, 6.07) is 6.37. The summed E-state index contributed by atoms with van der Waals surface area (Å²) in [4.78, 5) is 17.4. The van der Waals surface area contributed by atoms with Gasteiger partial charge < -0.3 is 15.0 Å². The molecule has 1 aromatic carbocycles. The van der Waals surface area contributed by atoms with Gasteiger partial charge in [0.1, 0.15) is 5.75 Å². The van der Waals surface area contributed by atoms with E-state index in [-0.39, 0.29) is 5.91 Å². The van der Waals surface area contributed by atoms with Crippen molar-refractivity contribution in [2.45, 2.75) is 38.6 Å². The maximum Gasteiger partial charge on any atom is 0.238 e. The van der Waals surface area contributed by atoms with E-state index in [0.717, 1.165) is 24.3 Å². The number of carbonyl (C=O) groups is 1. The first-order chi connectivity index (χ1) is 11.7. The quantitative estimate of drug-likeness (QED) is 0.870. The van der Waals surface area contributed by atoms with E-state index in [1.807, 2.05) is 25.1 Å². The number of nitrogens with one attached hydrogen (secondary N) is 1. The maximum absolute atomic E-state index is 12.5. The third-order valence-electron chi connectivity index (χ3n) is 5.14. The highest BCUT2D eigenvalue weighted by Gasteiger charge is 2.28. The summed E-state index contributed by atoms with van der Waals surface area (Å²) >= 11 is 0. The van der Waals surface area contributed by atoms with Crippen LogP contribution in [0.4, 0.5) is 5.69 Å². The highest BCUT2D eigenvalue weighted by molar-refractivity contribution is 5.93. The van der Waals surface area contributed by atoms with Gasteiger partial charge in [-0.25, -0.2) is 0 Å². The van der Waals surface area contributed by atoms with E-state index >= 15 is 0 Å². The van der Waals surface area contributed by atoms with E-state index < -0.39 is 0 Å². The Morgan fingerprint density at radius 3 is 2.79 bits per heavy atom. The molecule has 5 heteroatoms. The summed E-state index contributed by atoms with van der Waals surface area (Å²) in [6.07, 6.45) is 5.04. The van der Waals surface area contributed by atoms with Crippen LogP contribution >= 0.6 is 0 Å². The Kier molecular flexibility index (Phi) is 5.74. The SMILES string of the molecule is COc1ccc(C)cc1NC(=O)CN1CCC[C@@H]1CN1CCCC1. The van der Waals surface area contributed by atoms with Crippen molar-refractivity contribution in [3.8, 4) is 5.75 Å². The average Bonchev–Trinajstić information content (AvgIpc) is 3.21. The molecule has 0 aliphatic carbocycles. The molecule has 2 saturated heterocycles. The lowest BCUT2D eigenvalue weighted by atomic mass is 10.2. The fourth-order valence-electron chi connectivity index (χ4n) is 3.87. The number of hydrogen-bond donors (Lipinski definition) is 1. The lowest BCUT2D eigenvalue weighted by molar-refractivity contribution is -0.117. The van der Waals surface area contributed by atoms with Crippen LogP contribution in [0.15, 0.2) is 18.2 Å². The van der Waals surface area contributed by atoms with Crippen LogP contribution in [0.5, 0.6) is 5.75 Å². The van der Waals surface area contributed by atoms with Crippen molar-refractivity contribution in [1.29, 1.82) is 0 Å². The van der Waals surface area contributed by atoms with Gasteiger partial charge in [0.05, 0.1) is 19.3 Å². The molecule has 1 aromatic rings. The van der Waals surface area contributed by atoms with Crippen LogP contribution in [-0.4, -0.2) is 61.6 Å². The first kappa shape index (κ1) is 17.2. The second kappa shape index (κ2) is 7.99. The summed E-state index contributed by atoms with van der Waals surface area (Å²) in [7, 11) is 1.63. The summed E-state index contributed by atoms with van der Waals surface area (Å²) < 4.78 is 5.35. The lowest BCUT2D eigenvalue weighted by Crippen LogP contribution is -2.42. The van der Waals surface area contributed by atoms with Crippen LogP contribution in [0, 0.1) is 6.92 Å².